The third-order valence-corrected chi connectivity index (χ3v) is 6.65. The first-order chi connectivity index (χ1) is 12.4. The number of amides is 2. The summed E-state index contributed by atoms with van der Waals surface area (Å²) in [4.78, 5) is 30.6. The van der Waals surface area contributed by atoms with Crippen molar-refractivity contribution in [3.8, 4) is 11.3 Å². The minimum atomic E-state index is -0.314. The van der Waals surface area contributed by atoms with Gasteiger partial charge >= 0.3 is 0 Å². The van der Waals surface area contributed by atoms with Crippen LogP contribution in [-0.4, -0.2) is 40.0 Å². The van der Waals surface area contributed by atoms with Gasteiger partial charge in [-0.2, -0.15) is 0 Å². The monoisotopic (exact) mass is 389 g/mol. The number of aromatic nitrogens is 1. The van der Waals surface area contributed by atoms with Crippen LogP contribution in [-0.2, 0) is 9.59 Å². The fourth-order valence-electron chi connectivity index (χ4n) is 3.04. The van der Waals surface area contributed by atoms with E-state index in [1.54, 1.807) is 16.2 Å². The molecule has 1 aliphatic rings. The Balaban J connectivity index is 1.62. The molecule has 3 rings (SSSR count). The molecule has 2 aromatic rings. The van der Waals surface area contributed by atoms with Crippen molar-refractivity contribution in [2.24, 2.45) is 11.7 Å². The van der Waals surface area contributed by atoms with E-state index in [9.17, 15) is 9.59 Å². The second kappa shape index (κ2) is 8.22. The summed E-state index contributed by atoms with van der Waals surface area (Å²) in [6.45, 7) is 5.09. The summed E-state index contributed by atoms with van der Waals surface area (Å²) in [6.07, 6.45) is 1.60. The van der Waals surface area contributed by atoms with E-state index in [0.29, 0.717) is 13.1 Å². The predicted octanol–water partition coefficient (Wildman–Crippen LogP) is 3.32. The minimum Gasteiger partial charge on any atom is -0.369 e. The number of nitrogens with two attached hydrogens (primary N) is 1. The van der Waals surface area contributed by atoms with Gasteiger partial charge in [-0.25, -0.2) is 4.98 Å². The molecule has 2 amide bonds. The number of hydrogen-bond donors (Lipinski definition) is 1. The molecule has 26 heavy (non-hydrogen) atoms. The number of thiazole rings is 1. The first kappa shape index (κ1) is 18.9. The fraction of sp³-hybridized carbons (Fsp3) is 0.421. The lowest BCUT2D eigenvalue weighted by molar-refractivity contribution is -0.134. The largest absolute Gasteiger partial charge is 0.369 e. The molecule has 0 unspecified atom stereocenters. The molecule has 138 valence electrons. The van der Waals surface area contributed by atoms with Gasteiger partial charge in [-0.3, -0.25) is 9.59 Å². The third-order valence-electron chi connectivity index (χ3n) is 4.59. The van der Waals surface area contributed by atoms with Crippen LogP contribution >= 0.6 is 23.1 Å². The molecule has 2 atom stereocenters. The Kier molecular flexibility index (Phi) is 5.98. The Bertz CT molecular complexity index is 788. The maximum Gasteiger partial charge on any atom is 0.235 e. The average molecular weight is 390 g/mol. The number of benzene rings is 1. The molecule has 2 heterocycles. The highest BCUT2D eigenvalue weighted by Crippen LogP contribution is 2.32. The van der Waals surface area contributed by atoms with E-state index in [-0.39, 0.29) is 23.0 Å². The van der Waals surface area contributed by atoms with Gasteiger partial charge in [0.2, 0.25) is 11.8 Å². The first-order valence-electron chi connectivity index (χ1n) is 8.71. The number of rotatable bonds is 5. The van der Waals surface area contributed by atoms with Crippen molar-refractivity contribution in [2.75, 3.05) is 13.1 Å². The van der Waals surface area contributed by atoms with Crippen molar-refractivity contribution >= 4 is 34.9 Å². The molecule has 0 aliphatic carbocycles. The number of carbonyl (C=O) groups excluding carboxylic acids is 2. The Morgan fingerprint density at radius 3 is 2.77 bits per heavy atom. The summed E-state index contributed by atoms with van der Waals surface area (Å²) in [5, 5.41) is 1.78. The Hall–Kier alpha value is -1.86. The van der Waals surface area contributed by atoms with Crippen molar-refractivity contribution in [1.29, 1.82) is 0 Å². The van der Waals surface area contributed by atoms with E-state index in [4.69, 9.17) is 5.73 Å². The van der Waals surface area contributed by atoms with Gasteiger partial charge in [-0.05, 0) is 26.7 Å². The maximum atomic E-state index is 12.7. The fourth-order valence-corrected chi connectivity index (χ4v) is 5.09. The van der Waals surface area contributed by atoms with Crippen LogP contribution in [0.3, 0.4) is 0 Å². The van der Waals surface area contributed by atoms with Crippen molar-refractivity contribution in [3.05, 3.63) is 35.2 Å². The molecule has 7 heteroatoms. The second-order valence-electron chi connectivity index (χ2n) is 6.65. The van der Waals surface area contributed by atoms with Crippen LogP contribution in [0.5, 0.6) is 0 Å². The lowest BCUT2D eigenvalue weighted by Gasteiger charge is -2.32. The predicted molar refractivity (Wildman–Crippen MR) is 106 cm³/mol. The molecule has 1 saturated heterocycles. The number of likely N-dealkylation sites (tertiary alicyclic amines) is 1. The first-order valence-corrected chi connectivity index (χ1v) is 10.5. The second-order valence-corrected chi connectivity index (χ2v) is 9.10. The molecule has 0 spiro atoms. The average Bonchev–Trinajstić information content (AvgIpc) is 3.10. The molecule has 1 aromatic heterocycles. The molecule has 5 nitrogen and oxygen atoms in total. The molecule has 0 radical (unpaired) electrons. The number of piperidine rings is 1. The smallest absolute Gasteiger partial charge is 0.235 e. The third kappa shape index (κ3) is 4.45. The number of nitrogens with zero attached hydrogens (tertiary/aromatic N) is 2. The van der Waals surface area contributed by atoms with Crippen LogP contribution in [0.25, 0.3) is 11.3 Å². The Labute approximate surface area is 162 Å². The molecule has 2 N–H and O–H groups in total. The molecule has 1 aromatic carbocycles. The summed E-state index contributed by atoms with van der Waals surface area (Å²) < 4.78 is 0.880. The summed E-state index contributed by atoms with van der Waals surface area (Å²) in [6, 6.07) is 8.26. The van der Waals surface area contributed by atoms with Gasteiger partial charge in [0.1, 0.15) is 0 Å². The van der Waals surface area contributed by atoms with E-state index in [2.05, 4.69) is 36.2 Å². The van der Waals surface area contributed by atoms with Gasteiger partial charge in [-0.1, -0.05) is 41.6 Å². The van der Waals surface area contributed by atoms with Crippen molar-refractivity contribution in [3.63, 3.8) is 0 Å². The highest BCUT2D eigenvalue weighted by Gasteiger charge is 2.30. The molecule has 1 fully saturated rings. The number of primary amides is 1. The molecule has 0 bridgehead atoms. The Morgan fingerprint density at radius 1 is 1.35 bits per heavy atom. The number of aryl methyl sites for hydroxylation is 1. The highest BCUT2D eigenvalue weighted by atomic mass is 32.2. The van der Waals surface area contributed by atoms with Crippen LogP contribution in [0.15, 0.2) is 34.0 Å². The van der Waals surface area contributed by atoms with Crippen molar-refractivity contribution in [2.45, 2.75) is 36.3 Å². The topological polar surface area (TPSA) is 76.3 Å². The van der Waals surface area contributed by atoms with Crippen molar-refractivity contribution in [1.82, 2.24) is 9.88 Å². The van der Waals surface area contributed by atoms with Crippen LogP contribution < -0.4 is 5.73 Å². The van der Waals surface area contributed by atoms with Crippen LogP contribution in [0.4, 0.5) is 0 Å². The zero-order valence-electron chi connectivity index (χ0n) is 15.0. The van der Waals surface area contributed by atoms with E-state index in [1.165, 1.54) is 17.3 Å². The number of carbonyl (C=O) groups is 2. The summed E-state index contributed by atoms with van der Waals surface area (Å²) in [5.74, 6) is -0.489. The highest BCUT2D eigenvalue weighted by molar-refractivity contribution is 8.02. The quantitative estimate of drug-likeness (QED) is 0.796. The lowest BCUT2D eigenvalue weighted by Crippen LogP contribution is -2.46. The number of hydrogen-bond acceptors (Lipinski definition) is 5. The zero-order chi connectivity index (χ0) is 18.7. The normalized spacial score (nSPS) is 18.5. The van der Waals surface area contributed by atoms with Gasteiger partial charge in [0.15, 0.2) is 4.34 Å². The molecular weight excluding hydrogens is 366 g/mol. The van der Waals surface area contributed by atoms with Gasteiger partial charge < -0.3 is 10.6 Å². The molecular formula is C19H23N3O2S2. The molecule has 1 aliphatic heterocycles. The van der Waals surface area contributed by atoms with E-state index < -0.39 is 0 Å². The Morgan fingerprint density at radius 2 is 2.08 bits per heavy atom. The van der Waals surface area contributed by atoms with Gasteiger partial charge in [0, 0.05) is 24.0 Å². The van der Waals surface area contributed by atoms with Gasteiger partial charge in [-0.15, -0.1) is 11.3 Å². The molecule has 0 saturated carbocycles. The SMILES string of the molecule is Cc1ccc(-c2csc(S[C@H](C)C(=O)N3CCC[C@@H](C(N)=O)C3)n2)cc1. The van der Waals surface area contributed by atoms with Crippen LogP contribution in [0.1, 0.15) is 25.3 Å². The van der Waals surface area contributed by atoms with E-state index >= 15 is 0 Å². The summed E-state index contributed by atoms with van der Waals surface area (Å²) >= 11 is 3.03. The maximum absolute atomic E-state index is 12.7. The number of thioether (sulfide) groups is 1. The summed E-state index contributed by atoms with van der Waals surface area (Å²) in [7, 11) is 0. The van der Waals surface area contributed by atoms with Gasteiger partial charge in [0.25, 0.3) is 0 Å². The van der Waals surface area contributed by atoms with Crippen LogP contribution in [0.2, 0.25) is 0 Å². The lowest BCUT2D eigenvalue weighted by atomic mass is 9.97. The zero-order valence-corrected chi connectivity index (χ0v) is 16.6. The van der Waals surface area contributed by atoms with Crippen LogP contribution in [0, 0.1) is 12.8 Å². The van der Waals surface area contributed by atoms with Crippen molar-refractivity contribution < 1.29 is 9.59 Å². The summed E-state index contributed by atoms with van der Waals surface area (Å²) in [5.41, 5.74) is 8.64. The standard InChI is InChI=1S/C19H23N3O2S2/c1-12-5-7-14(8-6-12)16-11-25-19(21-16)26-13(2)18(24)22-9-3-4-15(10-22)17(20)23/h5-8,11,13,15H,3-4,9-10H2,1-2H3,(H2,20,23)/t13-,15-/m1/s1. The van der Waals surface area contributed by atoms with E-state index in [1.807, 2.05) is 12.3 Å². The van der Waals surface area contributed by atoms with E-state index in [0.717, 1.165) is 28.4 Å². The minimum absolute atomic E-state index is 0.0491. The van der Waals surface area contributed by atoms with Gasteiger partial charge in [0.05, 0.1) is 16.9 Å².